The lowest BCUT2D eigenvalue weighted by Crippen LogP contribution is -2.29. The number of hydrogen-bond donors (Lipinski definition) is 3. The first-order valence-corrected chi connectivity index (χ1v) is 13.3. The van der Waals surface area contributed by atoms with E-state index < -0.39 is 5.97 Å². The van der Waals surface area contributed by atoms with E-state index in [-0.39, 0.29) is 11.6 Å². The molecule has 0 atom stereocenters. The van der Waals surface area contributed by atoms with Crippen molar-refractivity contribution in [2.75, 3.05) is 29.4 Å². The number of carboxylic acid groups (broad SMARTS) is 1. The van der Waals surface area contributed by atoms with Gasteiger partial charge in [0.05, 0.1) is 11.9 Å². The summed E-state index contributed by atoms with van der Waals surface area (Å²) in [5.41, 5.74) is 4.71. The molecule has 0 radical (unpaired) electrons. The standard InChI is InChI=1S/C27H23N7O3S/c35-25(34-10-7-17-18-13-22(26(36)37)30-20(18)5-6-23(17)34)21-12-15-11-16(3-4-19(15)29-21)31-32-24-14-28-27(38-24)33-8-1-2-9-33/h3-6,11-14,29-30H,1-2,7-10H2,(H,36,37). The molecule has 2 aromatic carbocycles. The lowest BCUT2D eigenvalue weighted by molar-refractivity contribution is 0.0691. The third kappa shape index (κ3) is 3.82. The molecule has 0 saturated carbocycles. The van der Waals surface area contributed by atoms with E-state index in [0.717, 1.165) is 56.3 Å². The number of thiazole rings is 1. The van der Waals surface area contributed by atoms with E-state index in [9.17, 15) is 14.7 Å². The summed E-state index contributed by atoms with van der Waals surface area (Å²) in [5, 5.41) is 21.6. The van der Waals surface area contributed by atoms with Crippen LogP contribution in [0.15, 0.2) is 58.9 Å². The predicted molar refractivity (Wildman–Crippen MR) is 147 cm³/mol. The van der Waals surface area contributed by atoms with Crippen molar-refractivity contribution < 1.29 is 14.7 Å². The Labute approximate surface area is 220 Å². The minimum Gasteiger partial charge on any atom is -0.477 e. The highest BCUT2D eigenvalue weighted by atomic mass is 32.1. The van der Waals surface area contributed by atoms with E-state index in [1.54, 1.807) is 17.2 Å². The Bertz CT molecular complexity index is 1760. The average molecular weight is 526 g/mol. The van der Waals surface area contributed by atoms with Crippen molar-refractivity contribution in [1.82, 2.24) is 15.0 Å². The van der Waals surface area contributed by atoms with Gasteiger partial charge in [0, 0.05) is 47.1 Å². The van der Waals surface area contributed by atoms with Gasteiger partial charge in [-0.15, -0.1) is 10.2 Å². The number of nitrogens with zero attached hydrogens (tertiary/aromatic N) is 5. The van der Waals surface area contributed by atoms with Crippen molar-refractivity contribution in [2.45, 2.75) is 19.3 Å². The molecule has 11 heteroatoms. The summed E-state index contributed by atoms with van der Waals surface area (Å²) >= 11 is 1.54. The van der Waals surface area contributed by atoms with Crippen molar-refractivity contribution in [3.05, 3.63) is 65.6 Å². The fourth-order valence-electron chi connectivity index (χ4n) is 5.35. The summed E-state index contributed by atoms with van der Waals surface area (Å²) in [5.74, 6) is -1.13. The van der Waals surface area contributed by atoms with E-state index in [0.29, 0.717) is 24.3 Å². The largest absolute Gasteiger partial charge is 0.477 e. The number of carbonyl (C=O) groups excluding carboxylic acids is 1. The number of fused-ring (bicyclic) bond motifs is 4. The molecule has 2 aliphatic rings. The van der Waals surface area contributed by atoms with Gasteiger partial charge >= 0.3 is 5.97 Å². The van der Waals surface area contributed by atoms with Gasteiger partial charge in [0.1, 0.15) is 11.4 Å². The summed E-state index contributed by atoms with van der Waals surface area (Å²) in [6, 6.07) is 12.9. The zero-order valence-electron chi connectivity index (χ0n) is 20.3. The van der Waals surface area contributed by atoms with Crippen LogP contribution in [0.4, 0.5) is 21.5 Å². The van der Waals surface area contributed by atoms with Crippen molar-refractivity contribution >= 4 is 66.5 Å². The molecule has 5 aromatic rings. The Hall–Kier alpha value is -4.51. The molecule has 2 aliphatic heterocycles. The second kappa shape index (κ2) is 8.80. The van der Waals surface area contributed by atoms with Crippen LogP contribution in [0, 0.1) is 0 Å². The number of aromatic amines is 2. The summed E-state index contributed by atoms with van der Waals surface area (Å²) in [6.07, 6.45) is 4.82. The lowest BCUT2D eigenvalue weighted by Gasteiger charge is -2.16. The van der Waals surface area contributed by atoms with Crippen LogP contribution in [0.2, 0.25) is 0 Å². The van der Waals surface area contributed by atoms with Gasteiger partial charge in [-0.25, -0.2) is 9.78 Å². The van der Waals surface area contributed by atoms with Crippen LogP contribution in [0.3, 0.4) is 0 Å². The highest BCUT2D eigenvalue weighted by molar-refractivity contribution is 7.19. The number of anilines is 2. The Morgan fingerprint density at radius 1 is 0.947 bits per heavy atom. The van der Waals surface area contributed by atoms with E-state index in [2.05, 4.69) is 30.1 Å². The Morgan fingerprint density at radius 2 is 1.76 bits per heavy atom. The summed E-state index contributed by atoms with van der Waals surface area (Å²) in [4.78, 5) is 39.5. The van der Waals surface area contributed by atoms with Crippen LogP contribution in [0.25, 0.3) is 21.8 Å². The number of azo groups is 1. The number of carbonyl (C=O) groups is 2. The number of amides is 1. The van der Waals surface area contributed by atoms with Gasteiger partial charge in [0.25, 0.3) is 5.91 Å². The van der Waals surface area contributed by atoms with Crippen molar-refractivity contribution in [3.63, 3.8) is 0 Å². The van der Waals surface area contributed by atoms with Gasteiger partial charge in [0.2, 0.25) is 0 Å². The SMILES string of the molecule is O=C(O)c1cc2c3c(ccc2[nH]1)N(C(=O)c1cc2cc(N=Nc4cnc(N5CCCC5)s4)ccc2[nH]1)CC3. The molecule has 3 aromatic heterocycles. The maximum atomic E-state index is 13.5. The van der Waals surface area contributed by atoms with Crippen molar-refractivity contribution in [2.24, 2.45) is 10.2 Å². The van der Waals surface area contributed by atoms with Gasteiger partial charge in [-0.1, -0.05) is 11.3 Å². The smallest absolute Gasteiger partial charge is 0.352 e. The molecule has 7 rings (SSSR count). The molecule has 5 heterocycles. The minimum absolute atomic E-state index is 0.129. The van der Waals surface area contributed by atoms with Gasteiger partial charge in [-0.3, -0.25) is 4.79 Å². The van der Waals surface area contributed by atoms with Crippen LogP contribution in [-0.2, 0) is 6.42 Å². The number of aromatic carboxylic acids is 1. The number of carboxylic acids is 1. The second-order valence-corrected chi connectivity index (χ2v) is 10.5. The van der Waals surface area contributed by atoms with E-state index in [4.69, 9.17) is 0 Å². The van der Waals surface area contributed by atoms with E-state index >= 15 is 0 Å². The maximum absolute atomic E-state index is 13.5. The Morgan fingerprint density at radius 3 is 2.61 bits per heavy atom. The number of aromatic nitrogens is 3. The van der Waals surface area contributed by atoms with Gasteiger partial charge < -0.3 is 24.9 Å². The van der Waals surface area contributed by atoms with Gasteiger partial charge in [-0.2, -0.15) is 0 Å². The highest BCUT2D eigenvalue weighted by Crippen LogP contribution is 2.36. The van der Waals surface area contributed by atoms with Crippen LogP contribution in [0.1, 0.15) is 39.4 Å². The third-order valence-corrected chi connectivity index (χ3v) is 8.14. The Balaban J connectivity index is 1.12. The molecule has 3 N–H and O–H groups in total. The molecule has 0 spiro atoms. The Kier molecular flexibility index (Phi) is 5.25. The summed E-state index contributed by atoms with van der Waals surface area (Å²) in [6.45, 7) is 2.62. The topological polar surface area (TPSA) is 130 Å². The first kappa shape index (κ1) is 22.7. The first-order valence-electron chi connectivity index (χ1n) is 12.5. The molecular weight excluding hydrogens is 502 g/mol. The number of H-pyrrole nitrogens is 2. The van der Waals surface area contributed by atoms with E-state index in [1.807, 2.05) is 36.4 Å². The number of rotatable bonds is 5. The lowest BCUT2D eigenvalue weighted by atomic mass is 10.1. The van der Waals surface area contributed by atoms with Gasteiger partial charge in [0.15, 0.2) is 10.1 Å². The normalized spacial score (nSPS) is 15.4. The average Bonchev–Trinajstić information content (AvgIpc) is 3.74. The fraction of sp³-hybridized carbons (Fsp3) is 0.222. The quantitative estimate of drug-likeness (QED) is 0.242. The minimum atomic E-state index is -1.00. The maximum Gasteiger partial charge on any atom is 0.352 e. The zero-order valence-corrected chi connectivity index (χ0v) is 21.1. The van der Waals surface area contributed by atoms with Crippen LogP contribution in [0.5, 0.6) is 0 Å². The third-order valence-electron chi connectivity index (χ3n) is 7.20. The van der Waals surface area contributed by atoms with Crippen molar-refractivity contribution in [3.8, 4) is 0 Å². The second-order valence-electron chi connectivity index (χ2n) is 9.55. The number of benzene rings is 2. The molecular formula is C27H23N7O3S. The predicted octanol–water partition coefficient (Wildman–Crippen LogP) is 6.02. The monoisotopic (exact) mass is 525 g/mol. The molecule has 38 heavy (non-hydrogen) atoms. The highest BCUT2D eigenvalue weighted by Gasteiger charge is 2.29. The van der Waals surface area contributed by atoms with E-state index in [1.165, 1.54) is 24.2 Å². The zero-order chi connectivity index (χ0) is 25.8. The molecule has 0 aliphatic carbocycles. The van der Waals surface area contributed by atoms with Crippen LogP contribution >= 0.6 is 11.3 Å². The van der Waals surface area contributed by atoms with Crippen molar-refractivity contribution in [1.29, 1.82) is 0 Å². The van der Waals surface area contributed by atoms with Gasteiger partial charge in [-0.05, 0) is 67.3 Å². The molecule has 10 nitrogen and oxygen atoms in total. The molecule has 1 saturated heterocycles. The summed E-state index contributed by atoms with van der Waals surface area (Å²) in [7, 11) is 0. The molecule has 0 bridgehead atoms. The first-order chi connectivity index (χ1) is 18.5. The summed E-state index contributed by atoms with van der Waals surface area (Å²) < 4.78 is 0. The van der Waals surface area contributed by atoms with Crippen LogP contribution in [-0.4, -0.2) is 51.6 Å². The molecule has 1 fully saturated rings. The number of hydrogen-bond acceptors (Lipinski definition) is 7. The molecule has 1 amide bonds. The molecule has 190 valence electrons. The molecule has 0 unspecified atom stereocenters. The number of nitrogens with one attached hydrogen (secondary N) is 2. The fourth-order valence-corrected chi connectivity index (χ4v) is 6.14. The van der Waals surface area contributed by atoms with Crippen LogP contribution < -0.4 is 9.80 Å².